The molecule has 2 aliphatic carbocycles. The normalized spacial score (nSPS) is 31.2. The monoisotopic (exact) mass is 362 g/mol. The third-order valence-corrected chi connectivity index (χ3v) is 6.57. The van der Waals surface area contributed by atoms with Crippen molar-refractivity contribution in [3.8, 4) is 0 Å². The topological polar surface area (TPSA) is 41.0 Å². The average molecular weight is 363 g/mol. The van der Waals surface area contributed by atoms with Crippen molar-refractivity contribution in [3.05, 3.63) is 66.5 Å². The van der Waals surface area contributed by atoms with Crippen LogP contribution in [0, 0.1) is 23.7 Å². The van der Waals surface area contributed by atoms with Gasteiger partial charge in [0.2, 0.25) is 5.95 Å². The first-order valence-corrected chi connectivity index (χ1v) is 9.76. The summed E-state index contributed by atoms with van der Waals surface area (Å²) in [7, 11) is 0. The summed E-state index contributed by atoms with van der Waals surface area (Å²) in [6.07, 6.45) is 9.75. The Bertz CT molecular complexity index is 822. The van der Waals surface area contributed by atoms with Gasteiger partial charge in [-0.15, -0.1) is 0 Å². The van der Waals surface area contributed by atoms with Crippen LogP contribution in [0.5, 0.6) is 0 Å². The number of hydrogen-bond acceptors (Lipinski definition) is 4. The number of benzene rings is 1. The van der Waals surface area contributed by atoms with Crippen molar-refractivity contribution in [2.75, 3.05) is 11.4 Å². The SMILES string of the molecule is S=C(NCc1ccccc1)[C@@H]1[C@@H]2[C@H](CN1c1ncccn1)[C@@H]1C=C[C@H]2C1. The molecule has 1 saturated carbocycles. The summed E-state index contributed by atoms with van der Waals surface area (Å²) in [5, 5.41) is 3.52. The van der Waals surface area contributed by atoms with E-state index in [0.717, 1.165) is 24.0 Å². The predicted octanol–water partition coefficient (Wildman–Crippen LogP) is 3.22. The summed E-state index contributed by atoms with van der Waals surface area (Å²) in [6, 6.07) is 12.5. The Balaban J connectivity index is 1.40. The van der Waals surface area contributed by atoms with Gasteiger partial charge in [0.1, 0.15) is 0 Å². The van der Waals surface area contributed by atoms with Gasteiger partial charge >= 0.3 is 0 Å². The minimum absolute atomic E-state index is 0.182. The van der Waals surface area contributed by atoms with Crippen LogP contribution in [-0.4, -0.2) is 27.5 Å². The van der Waals surface area contributed by atoms with Crippen LogP contribution in [0.4, 0.5) is 5.95 Å². The first-order valence-electron chi connectivity index (χ1n) is 9.35. The fraction of sp³-hybridized carbons (Fsp3) is 0.381. The molecule has 5 heteroatoms. The van der Waals surface area contributed by atoms with E-state index in [4.69, 9.17) is 12.2 Å². The molecule has 26 heavy (non-hydrogen) atoms. The first-order chi connectivity index (χ1) is 12.8. The Labute approximate surface area is 159 Å². The third-order valence-electron chi connectivity index (χ3n) is 6.18. The fourth-order valence-corrected chi connectivity index (χ4v) is 5.44. The van der Waals surface area contributed by atoms with Gasteiger partial charge in [0, 0.05) is 25.5 Å². The molecule has 1 N–H and O–H groups in total. The molecule has 1 aromatic heterocycles. The summed E-state index contributed by atoms with van der Waals surface area (Å²) >= 11 is 5.90. The van der Waals surface area contributed by atoms with Gasteiger partial charge in [-0.05, 0) is 41.7 Å². The van der Waals surface area contributed by atoms with Crippen LogP contribution in [0.1, 0.15) is 12.0 Å². The minimum atomic E-state index is 0.182. The summed E-state index contributed by atoms with van der Waals surface area (Å²) in [6.45, 7) is 1.76. The first kappa shape index (κ1) is 15.9. The zero-order valence-corrected chi connectivity index (χ0v) is 15.3. The van der Waals surface area contributed by atoms with Crippen molar-refractivity contribution >= 4 is 23.2 Å². The molecule has 3 aliphatic rings. The van der Waals surface area contributed by atoms with Crippen LogP contribution in [0.15, 0.2) is 60.9 Å². The van der Waals surface area contributed by atoms with Crippen LogP contribution in [-0.2, 0) is 6.54 Å². The van der Waals surface area contributed by atoms with E-state index in [2.05, 4.69) is 56.6 Å². The Hall–Kier alpha value is -2.27. The number of hydrogen-bond donors (Lipinski definition) is 1. The molecule has 0 radical (unpaired) electrons. The van der Waals surface area contributed by atoms with Crippen LogP contribution in [0.25, 0.3) is 0 Å². The highest BCUT2D eigenvalue weighted by Gasteiger charge is 2.56. The molecule has 0 amide bonds. The molecule has 1 aliphatic heterocycles. The Morgan fingerprint density at radius 3 is 2.65 bits per heavy atom. The Kier molecular flexibility index (Phi) is 3.97. The lowest BCUT2D eigenvalue weighted by Crippen LogP contribution is -2.47. The van der Waals surface area contributed by atoms with Gasteiger partial charge in [-0.25, -0.2) is 9.97 Å². The van der Waals surface area contributed by atoms with Gasteiger partial charge in [0.05, 0.1) is 11.0 Å². The highest BCUT2D eigenvalue weighted by molar-refractivity contribution is 7.80. The van der Waals surface area contributed by atoms with E-state index in [1.54, 1.807) is 0 Å². The number of thiocarbonyl (C=S) groups is 1. The lowest BCUT2D eigenvalue weighted by Gasteiger charge is -2.31. The summed E-state index contributed by atoms with van der Waals surface area (Å²) in [4.78, 5) is 12.3. The van der Waals surface area contributed by atoms with Gasteiger partial charge in [-0.2, -0.15) is 0 Å². The van der Waals surface area contributed by atoms with E-state index in [9.17, 15) is 0 Å². The molecular weight excluding hydrogens is 340 g/mol. The standard InChI is InChI=1S/C21H22N4S/c26-20(24-12-14-5-2-1-3-6-14)19-18-16-8-7-15(11-16)17(18)13-25(19)21-22-9-4-10-23-21/h1-10,15-19H,11-13H2,(H,24,26)/t15-,16+,17-,18+,19+/m1/s1. The maximum absolute atomic E-state index is 5.90. The summed E-state index contributed by atoms with van der Waals surface area (Å²) < 4.78 is 0. The van der Waals surface area contributed by atoms with Crippen molar-refractivity contribution in [2.24, 2.45) is 23.7 Å². The number of nitrogens with zero attached hydrogens (tertiary/aromatic N) is 3. The molecule has 1 aromatic carbocycles. The molecule has 5 rings (SSSR count). The summed E-state index contributed by atoms with van der Waals surface area (Å²) in [5.41, 5.74) is 1.25. The second-order valence-electron chi connectivity index (χ2n) is 7.54. The van der Waals surface area contributed by atoms with E-state index in [1.807, 2.05) is 24.5 Å². The zero-order chi connectivity index (χ0) is 17.5. The Morgan fingerprint density at radius 2 is 1.85 bits per heavy atom. The molecule has 2 fully saturated rings. The van der Waals surface area contributed by atoms with E-state index in [0.29, 0.717) is 23.7 Å². The van der Waals surface area contributed by atoms with Crippen molar-refractivity contribution in [1.82, 2.24) is 15.3 Å². The highest BCUT2D eigenvalue weighted by Crippen LogP contribution is 2.54. The maximum atomic E-state index is 5.90. The van der Waals surface area contributed by atoms with Crippen LogP contribution < -0.4 is 10.2 Å². The number of allylic oxidation sites excluding steroid dienone is 2. The second-order valence-corrected chi connectivity index (χ2v) is 7.98. The number of nitrogens with one attached hydrogen (secondary N) is 1. The van der Waals surface area contributed by atoms with Gasteiger partial charge in [-0.3, -0.25) is 0 Å². The Morgan fingerprint density at radius 1 is 1.08 bits per heavy atom. The highest BCUT2D eigenvalue weighted by atomic mass is 32.1. The quantitative estimate of drug-likeness (QED) is 0.668. The molecule has 1 saturated heterocycles. The maximum Gasteiger partial charge on any atom is 0.225 e. The molecule has 5 atom stereocenters. The average Bonchev–Trinajstić information content (AvgIpc) is 3.39. The molecule has 2 bridgehead atoms. The van der Waals surface area contributed by atoms with Crippen LogP contribution >= 0.6 is 12.2 Å². The van der Waals surface area contributed by atoms with Gasteiger partial charge in [-0.1, -0.05) is 54.7 Å². The zero-order valence-electron chi connectivity index (χ0n) is 14.5. The van der Waals surface area contributed by atoms with Gasteiger partial charge in [0.25, 0.3) is 0 Å². The lowest BCUT2D eigenvalue weighted by molar-refractivity contribution is 0.375. The van der Waals surface area contributed by atoms with E-state index >= 15 is 0 Å². The number of aromatic nitrogens is 2. The number of anilines is 1. The molecule has 2 heterocycles. The van der Waals surface area contributed by atoms with Crippen molar-refractivity contribution in [2.45, 2.75) is 19.0 Å². The van der Waals surface area contributed by atoms with E-state index < -0.39 is 0 Å². The van der Waals surface area contributed by atoms with Crippen LogP contribution in [0.3, 0.4) is 0 Å². The van der Waals surface area contributed by atoms with Crippen molar-refractivity contribution in [3.63, 3.8) is 0 Å². The second kappa shape index (κ2) is 6.47. The van der Waals surface area contributed by atoms with E-state index in [-0.39, 0.29) is 6.04 Å². The van der Waals surface area contributed by atoms with Gasteiger partial charge < -0.3 is 10.2 Å². The lowest BCUT2D eigenvalue weighted by atomic mass is 9.82. The van der Waals surface area contributed by atoms with Crippen molar-refractivity contribution < 1.29 is 0 Å². The summed E-state index contributed by atoms with van der Waals surface area (Å²) in [5.74, 6) is 3.37. The largest absolute Gasteiger partial charge is 0.374 e. The third kappa shape index (κ3) is 2.62. The van der Waals surface area contributed by atoms with Crippen LogP contribution in [0.2, 0.25) is 0 Å². The predicted molar refractivity (Wildman–Crippen MR) is 107 cm³/mol. The molecule has 2 aromatic rings. The molecule has 0 spiro atoms. The smallest absolute Gasteiger partial charge is 0.225 e. The van der Waals surface area contributed by atoms with E-state index in [1.165, 1.54) is 12.0 Å². The molecule has 0 unspecified atom stereocenters. The minimum Gasteiger partial charge on any atom is -0.374 e. The molecule has 4 nitrogen and oxygen atoms in total. The van der Waals surface area contributed by atoms with Crippen molar-refractivity contribution in [1.29, 1.82) is 0 Å². The number of fused-ring (bicyclic) bond motifs is 5. The number of rotatable bonds is 4. The van der Waals surface area contributed by atoms with Gasteiger partial charge in [0.15, 0.2) is 0 Å². The molecular formula is C21H22N4S. The fourth-order valence-electron chi connectivity index (χ4n) is 5.09. The molecule has 132 valence electrons.